The topological polar surface area (TPSA) is 349 Å². The Hall–Kier alpha value is -7.88. The normalized spacial score (nSPS) is 24.5. The summed E-state index contributed by atoms with van der Waals surface area (Å²) in [6, 6.07) is 16.1. The molecule has 0 unspecified atom stereocenters. The number of amides is 9. The highest BCUT2D eigenvalue weighted by atomic mass is 16.2. The molecule has 3 heterocycles. The molecule has 0 spiro atoms. The molecule has 3 saturated heterocycles. The number of primary amides is 1. The van der Waals surface area contributed by atoms with Gasteiger partial charge in [0.1, 0.15) is 48.3 Å². The van der Waals surface area contributed by atoms with Crippen LogP contribution in [0.4, 0.5) is 0 Å². The molecule has 75 heavy (non-hydrogen) atoms. The van der Waals surface area contributed by atoms with E-state index in [0.717, 1.165) is 0 Å². The van der Waals surface area contributed by atoms with E-state index in [1.54, 1.807) is 91.0 Å². The van der Waals surface area contributed by atoms with Gasteiger partial charge in [-0.15, -0.1) is 0 Å². The zero-order valence-electron chi connectivity index (χ0n) is 42.1. The Morgan fingerprint density at radius 3 is 1.37 bits per heavy atom. The van der Waals surface area contributed by atoms with Gasteiger partial charge >= 0.3 is 0 Å². The van der Waals surface area contributed by atoms with Gasteiger partial charge in [-0.2, -0.15) is 0 Å². The smallest absolute Gasteiger partial charge is 0.246 e. The molecule has 3 aliphatic rings. The monoisotopic (exact) mass is 1030 g/mol. The van der Waals surface area contributed by atoms with Gasteiger partial charge in [-0.3, -0.25) is 48.1 Å². The summed E-state index contributed by atoms with van der Waals surface area (Å²) in [6.07, 6.45) is 1.64. The molecule has 0 aliphatic carbocycles. The van der Waals surface area contributed by atoms with E-state index in [-0.39, 0.29) is 83.5 Å². The van der Waals surface area contributed by atoms with Gasteiger partial charge in [-0.05, 0) is 81.0 Å². The number of nitrogens with two attached hydrogens (primary N) is 4. The number of unbranched alkanes of at least 4 members (excludes halogenated alkanes) is 1. The van der Waals surface area contributed by atoms with Crippen LogP contribution in [0.1, 0.15) is 80.9 Å². The van der Waals surface area contributed by atoms with Crippen LogP contribution in [0, 0.1) is 0 Å². The molecule has 402 valence electrons. The first-order valence-corrected chi connectivity index (χ1v) is 25.7. The van der Waals surface area contributed by atoms with Crippen LogP contribution in [0.3, 0.4) is 0 Å². The molecule has 3 fully saturated rings. The molecular formula is C53H71N13O9. The van der Waals surface area contributed by atoms with Crippen molar-refractivity contribution in [1.29, 1.82) is 0 Å². The molecule has 3 aromatic rings. The fourth-order valence-electron chi connectivity index (χ4n) is 9.72. The molecule has 14 N–H and O–H groups in total. The number of aliphatic imine (C=N–C) groups is 1. The molecule has 0 radical (unpaired) electrons. The van der Waals surface area contributed by atoms with E-state index in [9.17, 15) is 43.2 Å². The third kappa shape index (κ3) is 16.6. The summed E-state index contributed by atoms with van der Waals surface area (Å²) in [6.45, 7) is 0.737. The van der Waals surface area contributed by atoms with Crippen molar-refractivity contribution < 1.29 is 43.2 Å². The minimum absolute atomic E-state index is 0.00432. The minimum Gasteiger partial charge on any atom is -0.370 e. The maximum absolute atomic E-state index is 14.9. The predicted molar refractivity (Wildman–Crippen MR) is 278 cm³/mol. The second kappa shape index (κ2) is 28.0. The van der Waals surface area contributed by atoms with E-state index >= 15 is 0 Å². The Balaban J connectivity index is 1.42. The highest BCUT2D eigenvalue weighted by Crippen LogP contribution is 2.27. The van der Waals surface area contributed by atoms with Crippen molar-refractivity contribution in [2.24, 2.45) is 27.9 Å². The molecule has 22 heteroatoms. The van der Waals surface area contributed by atoms with Crippen molar-refractivity contribution in [2.75, 3.05) is 26.2 Å². The van der Waals surface area contributed by atoms with Crippen molar-refractivity contribution in [3.63, 3.8) is 0 Å². The number of hydrogen-bond donors (Lipinski definition) is 10. The third-order valence-corrected chi connectivity index (χ3v) is 13.6. The summed E-state index contributed by atoms with van der Waals surface area (Å²) < 4.78 is 0. The van der Waals surface area contributed by atoms with Crippen molar-refractivity contribution in [2.45, 2.75) is 132 Å². The van der Waals surface area contributed by atoms with Crippen LogP contribution in [0.2, 0.25) is 0 Å². The molecule has 3 aliphatic heterocycles. The Bertz CT molecular complexity index is 2500. The molecule has 0 aromatic heterocycles. The fourth-order valence-corrected chi connectivity index (χ4v) is 9.72. The first-order valence-electron chi connectivity index (χ1n) is 25.7. The highest BCUT2D eigenvalue weighted by molar-refractivity contribution is 6.00. The van der Waals surface area contributed by atoms with E-state index in [2.05, 4.69) is 36.9 Å². The second-order valence-electron chi connectivity index (χ2n) is 19.2. The summed E-state index contributed by atoms with van der Waals surface area (Å²) in [7, 11) is 0. The number of fused-ring (bicyclic) bond motifs is 2. The highest BCUT2D eigenvalue weighted by Gasteiger charge is 2.45. The molecule has 0 bridgehead atoms. The number of benzene rings is 3. The SMILES string of the molecule is NCCCC[C@@H]1NC(=O)[C@H](CC(N)=O)NC(=O)[C@H](Cc2ccccc2)NC(=O)[C@H](Cc2ccccc2)NC(=O)[C@H](CCCN=C(N)N)NC(=O)[C@@H]2CCCN2C(=O)[C@H]2CCCN2C(=O)[C@H](Cc2ccccc2)NC1=O. The Labute approximate surface area is 436 Å². The van der Waals surface area contributed by atoms with Gasteiger partial charge < -0.3 is 64.6 Å². The summed E-state index contributed by atoms with van der Waals surface area (Å²) in [4.78, 5) is 136. The van der Waals surface area contributed by atoms with E-state index < -0.39 is 108 Å². The standard InChI is InChI=1S/C53H71N13O9/c54-25-11-10-21-36-46(69)64-41(31-35-19-8-3-9-20-35)51(74)66-28-14-24-43(66)52(75)65-27-13-23-42(65)50(73)60-37(22-12-26-58-53(56)57)45(68)61-38(29-33-15-4-1-5-16-33)47(70)62-39(30-34-17-6-2-7-18-34)48(71)63-40(32-44(55)67)49(72)59-36/h1-9,15-20,36-43H,10-14,21-32,54H2,(H2,55,67)(H,59,72)(H,60,73)(H,61,68)(H,62,70)(H,63,71)(H,64,69)(H4,56,57,58)/t36-,37-,38-,39-,40-,41-,42-,43+/m0/s1. The molecular weight excluding hydrogens is 963 g/mol. The molecule has 8 atom stereocenters. The number of nitrogens with one attached hydrogen (secondary N) is 6. The van der Waals surface area contributed by atoms with Gasteiger partial charge in [0.15, 0.2) is 5.96 Å². The Morgan fingerprint density at radius 1 is 0.480 bits per heavy atom. The number of hydrogen-bond acceptors (Lipinski definition) is 11. The predicted octanol–water partition coefficient (Wildman–Crippen LogP) is -1.32. The van der Waals surface area contributed by atoms with Gasteiger partial charge in [0.2, 0.25) is 53.2 Å². The maximum Gasteiger partial charge on any atom is 0.246 e. The van der Waals surface area contributed by atoms with Gasteiger partial charge in [0, 0.05) is 38.9 Å². The summed E-state index contributed by atoms with van der Waals surface area (Å²) in [5.41, 5.74) is 24.6. The lowest BCUT2D eigenvalue weighted by molar-refractivity contribution is -0.148. The minimum atomic E-state index is -1.66. The van der Waals surface area contributed by atoms with Crippen LogP contribution in [0.25, 0.3) is 0 Å². The number of rotatable bonds is 16. The molecule has 3 aromatic carbocycles. The maximum atomic E-state index is 14.9. The lowest BCUT2D eigenvalue weighted by atomic mass is 10.0. The van der Waals surface area contributed by atoms with Crippen LogP contribution in [-0.2, 0) is 62.4 Å². The van der Waals surface area contributed by atoms with E-state index in [1.165, 1.54) is 9.80 Å². The largest absolute Gasteiger partial charge is 0.370 e. The first kappa shape index (κ1) is 56.4. The zero-order valence-corrected chi connectivity index (χ0v) is 42.1. The average Bonchev–Trinajstić information content (AvgIpc) is 4.10. The van der Waals surface area contributed by atoms with Crippen LogP contribution in [0.5, 0.6) is 0 Å². The molecule has 22 nitrogen and oxygen atoms in total. The van der Waals surface area contributed by atoms with Gasteiger partial charge in [0.25, 0.3) is 0 Å². The lowest BCUT2D eigenvalue weighted by Crippen LogP contribution is -2.62. The van der Waals surface area contributed by atoms with Crippen molar-refractivity contribution in [3.8, 4) is 0 Å². The lowest BCUT2D eigenvalue weighted by Gasteiger charge is -2.34. The van der Waals surface area contributed by atoms with Crippen molar-refractivity contribution in [1.82, 2.24) is 41.7 Å². The molecule has 0 saturated carbocycles. The summed E-state index contributed by atoms with van der Waals surface area (Å²) in [5.74, 6) is -6.95. The fraction of sp³-hybridized carbons (Fsp3) is 0.472. The Kier molecular flexibility index (Phi) is 21.0. The quantitative estimate of drug-likeness (QED) is 0.0454. The number of carbonyl (C=O) groups excluding carboxylic acids is 9. The van der Waals surface area contributed by atoms with Gasteiger partial charge in [-0.1, -0.05) is 91.0 Å². The third-order valence-electron chi connectivity index (χ3n) is 13.6. The van der Waals surface area contributed by atoms with Gasteiger partial charge in [0.05, 0.1) is 6.42 Å². The summed E-state index contributed by atoms with van der Waals surface area (Å²) >= 11 is 0. The van der Waals surface area contributed by atoms with Crippen LogP contribution >= 0.6 is 0 Å². The Morgan fingerprint density at radius 2 is 0.880 bits per heavy atom. The number of carbonyl (C=O) groups is 9. The molecule has 6 rings (SSSR count). The summed E-state index contributed by atoms with van der Waals surface area (Å²) in [5, 5.41) is 16.5. The van der Waals surface area contributed by atoms with E-state index in [4.69, 9.17) is 22.9 Å². The van der Waals surface area contributed by atoms with E-state index in [0.29, 0.717) is 42.4 Å². The van der Waals surface area contributed by atoms with Crippen LogP contribution < -0.4 is 54.8 Å². The van der Waals surface area contributed by atoms with Crippen LogP contribution in [-0.4, -0.2) is 143 Å². The van der Waals surface area contributed by atoms with Gasteiger partial charge in [-0.25, -0.2) is 0 Å². The van der Waals surface area contributed by atoms with E-state index in [1.807, 2.05) is 0 Å². The molecule has 9 amide bonds. The van der Waals surface area contributed by atoms with Crippen LogP contribution in [0.15, 0.2) is 96.0 Å². The first-order chi connectivity index (χ1) is 36.1. The second-order valence-corrected chi connectivity index (χ2v) is 19.2. The van der Waals surface area contributed by atoms with Crippen molar-refractivity contribution >= 4 is 59.1 Å². The number of nitrogens with zero attached hydrogens (tertiary/aromatic N) is 3. The average molecular weight is 1030 g/mol. The zero-order chi connectivity index (χ0) is 53.9. The number of guanidine groups is 1. The van der Waals surface area contributed by atoms with Crippen molar-refractivity contribution in [3.05, 3.63) is 108 Å².